The Hall–Kier alpha value is -3.15. The quantitative estimate of drug-likeness (QED) is 0.630. The summed E-state index contributed by atoms with van der Waals surface area (Å²) in [5.41, 5.74) is 5.02. The summed E-state index contributed by atoms with van der Waals surface area (Å²) >= 11 is 0. The van der Waals surface area contributed by atoms with Crippen LogP contribution < -0.4 is 4.74 Å². The van der Waals surface area contributed by atoms with E-state index in [2.05, 4.69) is 26.2 Å². The Morgan fingerprint density at radius 2 is 2.14 bits per heavy atom. The number of nitrogens with one attached hydrogen (secondary N) is 1. The summed E-state index contributed by atoms with van der Waals surface area (Å²) in [6.45, 7) is 0. The van der Waals surface area contributed by atoms with Gasteiger partial charge in [0.1, 0.15) is 0 Å². The molecule has 6 nitrogen and oxygen atoms in total. The molecule has 0 radical (unpaired) electrons. The first-order valence-electron chi connectivity index (χ1n) is 6.81. The van der Waals surface area contributed by atoms with Gasteiger partial charge in [0.2, 0.25) is 5.88 Å². The molecule has 0 aliphatic carbocycles. The minimum absolute atomic E-state index is 0.597. The standard InChI is InChI=1S/C16H13N5O/c1-22-16-13(3-2-4-18-16)11-5-14(12-6-19-20-7-12)15-8-17-10-21(15)9-11/h2-10H,1H3,(H,19,20). The molecule has 0 fully saturated rings. The van der Waals surface area contributed by atoms with Crippen molar-refractivity contribution in [1.29, 1.82) is 0 Å². The van der Waals surface area contributed by atoms with Crippen LogP contribution in [0.1, 0.15) is 0 Å². The van der Waals surface area contributed by atoms with Crippen LogP contribution in [-0.2, 0) is 0 Å². The van der Waals surface area contributed by atoms with Crippen molar-refractivity contribution in [2.45, 2.75) is 0 Å². The van der Waals surface area contributed by atoms with Crippen molar-refractivity contribution in [3.05, 3.63) is 55.5 Å². The molecule has 4 rings (SSSR count). The molecule has 4 aromatic heterocycles. The van der Waals surface area contributed by atoms with Gasteiger partial charge >= 0.3 is 0 Å². The molecule has 0 aliphatic heterocycles. The summed E-state index contributed by atoms with van der Waals surface area (Å²) in [5.74, 6) is 0.597. The number of ether oxygens (including phenoxy) is 1. The Labute approximate surface area is 126 Å². The lowest BCUT2D eigenvalue weighted by Gasteiger charge is -2.10. The highest BCUT2D eigenvalue weighted by atomic mass is 16.5. The predicted molar refractivity (Wildman–Crippen MR) is 82.6 cm³/mol. The average molecular weight is 291 g/mol. The first kappa shape index (κ1) is 12.6. The van der Waals surface area contributed by atoms with Gasteiger partial charge in [0.15, 0.2) is 0 Å². The second kappa shape index (κ2) is 5.00. The highest BCUT2D eigenvalue weighted by molar-refractivity contribution is 5.84. The van der Waals surface area contributed by atoms with Crippen LogP contribution >= 0.6 is 0 Å². The van der Waals surface area contributed by atoms with Crippen LogP contribution in [0.4, 0.5) is 0 Å². The Morgan fingerprint density at radius 1 is 1.18 bits per heavy atom. The van der Waals surface area contributed by atoms with Crippen LogP contribution in [0.3, 0.4) is 0 Å². The van der Waals surface area contributed by atoms with E-state index in [0.29, 0.717) is 5.88 Å². The minimum Gasteiger partial charge on any atom is -0.481 e. The van der Waals surface area contributed by atoms with Gasteiger partial charge in [-0.2, -0.15) is 5.10 Å². The molecule has 108 valence electrons. The van der Waals surface area contributed by atoms with Gasteiger partial charge in [0.05, 0.1) is 31.3 Å². The van der Waals surface area contributed by atoms with E-state index < -0.39 is 0 Å². The fourth-order valence-corrected chi connectivity index (χ4v) is 2.58. The first-order chi connectivity index (χ1) is 10.9. The van der Waals surface area contributed by atoms with Gasteiger partial charge in [-0.3, -0.25) is 5.10 Å². The molecule has 6 heteroatoms. The molecular formula is C16H13N5O. The second-order valence-electron chi connectivity index (χ2n) is 4.88. The number of hydrogen-bond donors (Lipinski definition) is 1. The van der Waals surface area contributed by atoms with E-state index >= 15 is 0 Å². The fourth-order valence-electron chi connectivity index (χ4n) is 2.58. The average Bonchev–Trinajstić information content (AvgIpc) is 3.25. The molecule has 1 N–H and O–H groups in total. The fraction of sp³-hybridized carbons (Fsp3) is 0.0625. The third-order valence-electron chi connectivity index (χ3n) is 3.60. The van der Waals surface area contributed by atoms with Crippen molar-refractivity contribution in [3.8, 4) is 28.1 Å². The number of H-pyrrole nitrogens is 1. The number of nitrogens with zero attached hydrogens (tertiary/aromatic N) is 4. The van der Waals surface area contributed by atoms with Crippen LogP contribution in [0.25, 0.3) is 27.8 Å². The third kappa shape index (κ3) is 1.93. The van der Waals surface area contributed by atoms with Crippen molar-refractivity contribution in [2.75, 3.05) is 7.11 Å². The summed E-state index contributed by atoms with van der Waals surface area (Å²) in [6.07, 6.45) is 11.0. The van der Waals surface area contributed by atoms with Crippen molar-refractivity contribution < 1.29 is 4.74 Å². The molecule has 0 amide bonds. The topological polar surface area (TPSA) is 68.1 Å². The predicted octanol–water partition coefficient (Wildman–Crippen LogP) is 2.79. The minimum atomic E-state index is 0.597. The van der Waals surface area contributed by atoms with Crippen LogP contribution in [0, 0.1) is 0 Å². The van der Waals surface area contributed by atoms with Gasteiger partial charge in [-0.05, 0) is 18.2 Å². The lowest BCUT2D eigenvalue weighted by molar-refractivity contribution is 0.399. The molecule has 0 atom stereocenters. The summed E-state index contributed by atoms with van der Waals surface area (Å²) in [7, 11) is 1.62. The van der Waals surface area contributed by atoms with E-state index in [9.17, 15) is 0 Å². The van der Waals surface area contributed by atoms with Crippen LogP contribution in [0.2, 0.25) is 0 Å². The molecular weight excluding hydrogens is 278 g/mol. The molecule has 4 aromatic rings. The number of rotatable bonds is 3. The molecule has 0 unspecified atom stereocenters. The number of methoxy groups -OCH3 is 1. The van der Waals surface area contributed by atoms with E-state index in [4.69, 9.17) is 4.74 Å². The zero-order valence-corrected chi connectivity index (χ0v) is 11.9. The van der Waals surface area contributed by atoms with Crippen LogP contribution in [-0.4, -0.2) is 31.7 Å². The van der Waals surface area contributed by atoms with E-state index in [0.717, 1.165) is 27.8 Å². The first-order valence-corrected chi connectivity index (χ1v) is 6.81. The Balaban J connectivity index is 2.00. The van der Waals surface area contributed by atoms with Gasteiger partial charge in [-0.1, -0.05) is 0 Å². The summed E-state index contributed by atoms with van der Waals surface area (Å²) in [6, 6.07) is 5.98. The monoisotopic (exact) mass is 291 g/mol. The van der Waals surface area contributed by atoms with Gasteiger partial charge in [0, 0.05) is 40.8 Å². The normalized spacial score (nSPS) is 11.0. The molecule has 0 saturated heterocycles. The van der Waals surface area contributed by atoms with E-state index in [-0.39, 0.29) is 0 Å². The maximum atomic E-state index is 5.37. The molecule has 22 heavy (non-hydrogen) atoms. The molecule has 4 heterocycles. The number of imidazole rings is 1. The zero-order valence-electron chi connectivity index (χ0n) is 11.9. The number of hydrogen-bond acceptors (Lipinski definition) is 4. The lowest BCUT2D eigenvalue weighted by atomic mass is 10.0. The largest absolute Gasteiger partial charge is 0.481 e. The van der Waals surface area contributed by atoms with E-state index in [1.54, 1.807) is 25.8 Å². The van der Waals surface area contributed by atoms with Crippen LogP contribution in [0.15, 0.2) is 55.5 Å². The Kier molecular flexibility index (Phi) is 2.86. The Bertz CT molecular complexity index is 927. The number of aromatic amines is 1. The molecule has 0 aromatic carbocycles. The maximum absolute atomic E-state index is 5.37. The lowest BCUT2D eigenvalue weighted by Crippen LogP contribution is -1.94. The second-order valence-corrected chi connectivity index (χ2v) is 4.88. The van der Waals surface area contributed by atoms with Crippen molar-refractivity contribution in [3.63, 3.8) is 0 Å². The van der Waals surface area contributed by atoms with Gasteiger partial charge in [0.25, 0.3) is 0 Å². The van der Waals surface area contributed by atoms with Gasteiger partial charge in [-0.15, -0.1) is 0 Å². The zero-order chi connectivity index (χ0) is 14.9. The van der Waals surface area contributed by atoms with E-state index in [1.165, 1.54) is 0 Å². The smallest absolute Gasteiger partial charge is 0.221 e. The van der Waals surface area contributed by atoms with Crippen molar-refractivity contribution in [1.82, 2.24) is 24.6 Å². The highest BCUT2D eigenvalue weighted by Gasteiger charge is 2.12. The maximum Gasteiger partial charge on any atom is 0.221 e. The highest BCUT2D eigenvalue weighted by Crippen LogP contribution is 2.33. The number of aromatic nitrogens is 5. The number of pyridine rings is 2. The Morgan fingerprint density at radius 3 is 2.95 bits per heavy atom. The molecule has 0 aliphatic rings. The van der Waals surface area contributed by atoms with Crippen LogP contribution in [0.5, 0.6) is 5.88 Å². The van der Waals surface area contributed by atoms with Gasteiger partial charge < -0.3 is 9.14 Å². The summed E-state index contributed by atoms with van der Waals surface area (Å²) in [4.78, 5) is 8.50. The third-order valence-corrected chi connectivity index (χ3v) is 3.60. The molecule has 0 bridgehead atoms. The van der Waals surface area contributed by atoms with E-state index in [1.807, 2.05) is 35.1 Å². The van der Waals surface area contributed by atoms with Gasteiger partial charge in [-0.25, -0.2) is 9.97 Å². The molecule has 0 saturated carbocycles. The number of fused-ring (bicyclic) bond motifs is 1. The SMILES string of the molecule is COc1ncccc1-c1cc(-c2cn[nH]c2)c2cncn2c1. The van der Waals surface area contributed by atoms with Crippen molar-refractivity contribution >= 4 is 5.52 Å². The van der Waals surface area contributed by atoms with Crippen molar-refractivity contribution in [2.24, 2.45) is 0 Å². The summed E-state index contributed by atoms with van der Waals surface area (Å²) < 4.78 is 7.36. The summed E-state index contributed by atoms with van der Waals surface area (Å²) in [5, 5.41) is 6.88. The molecule has 0 spiro atoms.